The molecule has 0 aromatic rings. The van der Waals surface area contributed by atoms with Gasteiger partial charge in [-0.1, -0.05) is 19.8 Å². The molecule has 0 aliphatic rings. The summed E-state index contributed by atoms with van der Waals surface area (Å²) in [6.07, 6.45) is 5.79. The fraction of sp³-hybridized carbons (Fsp3) is 1.00. The molecule has 9 heavy (non-hydrogen) atoms. The predicted molar refractivity (Wildman–Crippen MR) is 44.6 cm³/mol. The molecule has 0 heterocycles. The first kappa shape index (κ1) is 12.4. The van der Waals surface area contributed by atoms with Gasteiger partial charge in [0.15, 0.2) is 0 Å². The van der Waals surface area contributed by atoms with Crippen LogP contribution in [0.2, 0.25) is 0 Å². The Morgan fingerprint density at radius 3 is 2.00 bits per heavy atom. The van der Waals surface area contributed by atoms with Crippen molar-refractivity contribution in [2.75, 3.05) is 19.5 Å². The molecular weight excluding hydrogens is 151 g/mol. The second-order valence-corrected chi connectivity index (χ2v) is 5.58. The Morgan fingerprint density at radius 2 is 1.67 bits per heavy atom. The van der Waals surface area contributed by atoms with E-state index in [1.54, 1.807) is 0 Å². The summed E-state index contributed by atoms with van der Waals surface area (Å²) in [7, 11) is 0.0929. The minimum absolute atomic E-state index is 0. The van der Waals surface area contributed by atoms with Crippen molar-refractivity contribution in [3.63, 3.8) is 0 Å². The fourth-order valence-electron chi connectivity index (χ4n) is 0.729. The molecule has 0 aromatic carbocycles. The van der Waals surface area contributed by atoms with Gasteiger partial charge in [-0.3, -0.25) is 0 Å². The molecule has 0 saturated heterocycles. The standard InChI is InChI=1S/C7H17P.ClH/c1-4-5-6-7-8(2)3;/h4-7H2,1-3H3;1H. The average molecular weight is 169 g/mol. The number of rotatable bonds is 4. The molecule has 0 nitrogen and oxygen atoms in total. The maximum Gasteiger partial charge on any atom is 0.0566 e. The van der Waals surface area contributed by atoms with Crippen molar-refractivity contribution in [1.29, 1.82) is 0 Å². The van der Waals surface area contributed by atoms with Crippen molar-refractivity contribution < 1.29 is 12.4 Å². The van der Waals surface area contributed by atoms with Gasteiger partial charge in [-0.15, -0.1) is 0 Å². The van der Waals surface area contributed by atoms with Crippen molar-refractivity contribution in [2.24, 2.45) is 0 Å². The van der Waals surface area contributed by atoms with E-state index in [1.807, 2.05) is 0 Å². The Bertz CT molecular complexity index is 46.2. The highest BCUT2D eigenvalue weighted by atomic mass is 35.5. The zero-order chi connectivity index (χ0) is 6.41. The van der Waals surface area contributed by atoms with E-state index in [0.717, 1.165) is 0 Å². The monoisotopic (exact) mass is 168 g/mol. The quantitative estimate of drug-likeness (QED) is 0.398. The first-order valence-corrected chi connectivity index (χ1v) is 6.27. The summed E-state index contributed by atoms with van der Waals surface area (Å²) in [6, 6.07) is 0. The molecule has 0 rings (SSSR count). The average Bonchev–Trinajstić information content (AvgIpc) is 1.66. The van der Waals surface area contributed by atoms with Crippen molar-refractivity contribution in [2.45, 2.75) is 26.2 Å². The number of hydrogen-bond donors (Lipinski definition) is 0. The van der Waals surface area contributed by atoms with E-state index in [0.29, 0.717) is 0 Å². The van der Waals surface area contributed by atoms with Gasteiger partial charge in [-0.2, -0.15) is 0 Å². The van der Waals surface area contributed by atoms with Crippen LogP contribution in [0, 0.1) is 0 Å². The van der Waals surface area contributed by atoms with Crippen LogP contribution in [0.1, 0.15) is 26.2 Å². The number of hydrogen-bond acceptors (Lipinski definition) is 0. The highest BCUT2D eigenvalue weighted by Gasteiger charge is 1.96. The molecular formula is C7H18ClP. The van der Waals surface area contributed by atoms with Gasteiger partial charge in [-0.25, -0.2) is 0 Å². The molecule has 0 atom stereocenters. The van der Waals surface area contributed by atoms with Gasteiger partial charge in [0.1, 0.15) is 0 Å². The highest BCUT2D eigenvalue weighted by molar-refractivity contribution is 7.55. The van der Waals surface area contributed by atoms with E-state index >= 15 is 0 Å². The lowest BCUT2D eigenvalue weighted by Gasteiger charge is -1.95. The summed E-state index contributed by atoms with van der Waals surface area (Å²) in [5, 5.41) is 0. The minimum atomic E-state index is 0. The van der Waals surface area contributed by atoms with E-state index < -0.39 is 0 Å². The van der Waals surface area contributed by atoms with Crippen LogP contribution in [0.15, 0.2) is 0 Å². The second kappa shape index (κ2) is 8.72. The molecule has 0 fully saturated rings. The molecule has 0 radical (unpaired) electrons. The normalized spacial score (nSPS) is 9.33. The van der Waals surface area contributed by atoms with Crippen LogP contribution in [0.4, 0.5) is 0 Å². The Labute approximate surface area is 66.6 Å². The summed E-state index contributed by atoms with van der Waals surface area (Å²) in [5.74, 6) is 0. The molecule has 2 heteroatoms. The van der Waals surface area contributed by atoms with E-state index in [4.69, 9.17) is 0 Å². The van der Waals surface area contributed by atoms with Gasteiger partial charge in [0.05, 0.1) is 6.16 Å². The lowest BCUT2D eigenvalue weighted by atomic mass is 10.3. The van der Waals surface area contributed by atoms with Crippen molar-refractivity contribution in [3.05, 3.63) is 0 Å². The second-order valence-electron chi connectivity index (χ2n) is 2.66. The van der Waals surface area contributed by atoms with Gasteiger partial charge < -0.3 is 12.4 Å². The zero-order valence-electron chi connectivity index (χ0n) is 6.71. The van der Waals surface area contributed by atoms with Crippen molar-refractivity contribution in [1.82, 2.24) is 0 Å². The molecule has 0 bridgehead atoms. The largest absolute Gasteiger partial charge is 1.00 e. The minimum Gasteiger partial charge on any atom is -1.00 e. The molecule has 0 amide bonds. The van der Waals surface area contributed by atoms with Crippen LogP contribution in [0.5, 0.6) is 0 Å². The summed E-state index contributed by atoms with van der Waals surface area (Å²) in [4.78, 5) is 0. The van der Waals surface area contributed by atoms with E-state index in [1.165, 1.54) is 25.4 Å². The van der Waals surface area contributed by atoms with Crippen LogP contribution < -0.4 is 12.4 Å². The third kappa shape index (κ3) is 12.0. The van der Waals surface area contributed by atoms with Crippen LogP contribution in [0.25, 0.3) is 0 Å². The molecule has 0 N–H and O–H groups in total. The first-order chi connectivity index (χ1) is 3.77. The third-order valence-corrected chi connectivity index (χ3v) is 2.63. The highest BCUT2D eigenvalue weighted by Crippen LogP contribution is 2.25. The summed E-state index contributed by atoms with van der Waals surface area (Å²) in [5.41, 5.74) is 0. The molecule has 0 aliphatic carbocycles. The van der Waals surface area contributed by atoms with Gasteiger partial charge in [0.25, 0.3) is 0 Å². The molecule has 0 aromatic heterocycles. The van der Waals surface area contributed by atoms with E-state index in [9.17, 15) is 0 Å². The Kier molecular flexibility index (Phi) is 12.0. The van der Waals surface area contributed by atoms with Gasteiger partial charge in [0.2, 0.25) is 0 Å². The van der Waals surface area contributed by atoms with E-state index in [2.05, 4.69) is 20.3 Å². The predicted octanol–water partition coefficient (Wildman–Crippen LogP) is -0.346. The van der Waals surface area contributed by atoms with Crippen LogP contribution in [-0.2, 0) is 0 Å². The summed E-state index contributed by atoms with van der Waals surface area (Å²) >= 11 is 0. The molecule has 0 spiro atoms. The number of halogens is 1. The maximum atomic E-state index is 2.39. The molecule has 0 saturated carbocycles. The topological polar surface area (TPSA) is 0 Å². The fourth-order valence-corrected chi connectivity index (χ4v) is 1.69. The van der Waals surface area contributed by atoms with E-state index in [-0.39, 0.29) is 20.3 Å². The molecule has 58 valence electrons. The van der Waals surface area contributed by atoms with Crippen molar-refractivity contribution in [3.8, 4) is 0 Å². The van der Waals surface area contributed by atoms with Crippen LogP contribution >= 0.6 is 7.92 Å². The number of unbranched alkanes of at least 4 members (excludes halogenated alkanes) is 2. The van der Waals surface area contributed by atoms with Crippen molar-refractivity contribution >= 4 is 7.92 Å². The molecule has 0 unspecified atom stereocenters. The lowest BCUT2D eigenvalue weighted by molar-refractivity contribution is -0.00000196. The summed E-state index contributed by atoms with van der Waals surface area (Å²) < 4.78 is 0. The van der Waals surface area contributed by atoms with Crippen LogP contribution in [0.3, 0.4) is 0 Å². The van der Waals surface area contributed by atoms with Crippen LogP contribution in [-0.4, -0.2) is 19.5 Å². The Hall–Kier alpha value is 0.720. The molecule has 0 aliphatic heterocycles. The first-order valence-electron chi connectivity index (χ1n) is 3.56. The van der Waals surface area contributed by atoms with Gasteiger partial charge >= 0.3 is 0 Å². The summed E-state index contributed by atoms with van der Waals surface area (Å²) in [6.45, 7) is 7.04. The maximum absolute atomic E-state index is 2.39. The smallest absolute Gasteiger partial charge is 0.0566 e. The van der Waals surface area contributed by atoms with Gasteiger partial charge in [-0.05, 0) is 14.3 Å². The Morgan fingerprint density at radius 1 is 1.11 bits per heavy atom. The third-order valence-electron chi connectivity index (χ3n) is 1.28. The lowest BCUT2D eigenvalue weighted by Crippen LogP contribution is -3.00. The zero-order valence-corrected chi connectivity index (χ0v) is 8.46. The Balaban J connectivity index is 0. The SMILES string of the molecule is CCCCC[PH+](C)C.[Cl-]. The van der Waals surface area contributed by atoms with Gasteiger partial charge in [0, 0.05) is 13.3 Å².